The maximum atomic E-state index is 13.0. The van der Waals surface area contributed by atoms with Gasteiger partial charge in [-0.2, -0.15) is 0 Å². The Labute approximate surface area is 192 Å². The van der Waals surface area contributed by atoms with Crippen LogP contribution in [0.2, 0.25) is 0 Å². The smallest absolute Gasteiger partial charge is 0.295 e. The average Bonchev–Trinajstić information content (AvgIpc) is 3.08. The largest absolute Gasteiger partial charge is 0.507 e. The van der Waals surface area contributed by atoms with Gasteiger partial charge in [0.2, 0.25) is 0 Å². The Hall–Kier alpha value is -3.90. The maximum absolute atomic E-state index is 13.0. The SMILES string of the molecule is COCCN1C(=O)C(=O)/C(=C(\O)c2ccc(C)cc2)C1c1cccc(Oc2ccccc2)c1. The second-order valence-electron chi connectivity index (χ2n) is 7.84. The van der Waals surface area contributed by atoms with E-state index in [4.69, 9.17) is 9.47 Å². The zero-order chi connectivity index (χ0) is 23.4. The first-order valence-corrected chi connectivity index (χ1v) is 10.7. The summed E-state index contributed by atoms with van der Waals surface area (Å²) >= 11 is 0. The molecule has 6 heteroatoms. The van der Waals surface area contributed by atoms with E-state index in [1.165, 1.54) is 12.0 Å². The normalized spacial score (nSPS) is 17.4. The quantitative estimate of drug-likeness (QED) is 0.321. The minimum atomic E-state index is -0.763. The van der Waals surface area contributed by atoms with Crippen molar-refractivity contribution >= 4 is 17.4 Å². The lowest BCUT2D eigenvalue weighted by Crippen LogP contribution is -2.32. The summed E-state index contributed by atoms with van der Waals surface area (Å²) in [6, 6.07) is 22.9. The number of carbonyl (C=O) groups excluding carboxylic acids is 2. The fourth-order valence-electron chi connectivity index (χ4n) is 3.89. The number of aryl methyl sites for hydroxylation is 1. The highest BCUT2D eigenvalue weighted by molar-refractivity contribution is 6.46. The monoisotopic (exact) mass is 443 g/mol. The summed E-state index contributed by atoms with van der Waals surface area (Å²) in [7, 11) is 1.53. The van der Waals surface area contributed by atoms with Crippen LogP contribution in [-0.2, 0) is 14.3 Å². The Morgan fingerprint density at radius 1 is 0.939 bits per heavy atom. The fourth-order valence-corrected chi connectivity index (χ4v) is 3.89. The van der Waals surface area contributed by atoms with E-state index in [0.29, 0.717) is 22.6 Å². The van der Waals surface area contributed by atoms with Crippen LogP contribution in [0.3, 0.4) is 0 Å². The predicted molar refractivity (Wildman–Crippen MR) is 125 cm³/mol. The van der Waals surface area contributed by atoms with Gasteiger partial charge >= 0.3 is 0 Å². The third-order valence-electron chi connectivity index (χ3n) is 5.55. The summed E-state index contributed by atoms with van der Waals surface area (Å²) in [5.41, 5.74) is 2.21. The highest BCUT2D eigenvalue weighted by Gasteiger charge is 2.46. The Kier molecular flexibility index (Phi) is 6.56. The highest BCUT2D eigenvalue weighted by atomic mass is 16.5. The molecule has 168 valence electrons. The standard InChI is InChI=1S/C27H25NO5/c1-18-11-13-19(14-12-18)25(29)23-24(28(15-16-32-2)27(31)26(23)30)20-7-6-10-22(17-20)33-21-8-4-3-5-9-21/h3-14,17,24,29H,15-16H2,1-2H3/b25-23-. The van der Waals surface area contributed by atoms with Crippen LogP contribution in [0.5, 0.6) is 11.5 Å². The summed E-state index contributed by atoms with van der Waals surface area (Å²) in [5.74, 6) is -0.356. The molecule has 1 N–H and O–H groups in total. The number of Topliss-reactive ketones (excluding diaryl/α,β-unsaturated/α-hetero) is 1. The minimum Gasteiger partial charge on any atom is -0.507 e. The fraction of sp³-hybridized carbons (Fsp3) is 0.185. The van der Waals surface area contributed by atoms with Crippen molar-refractivity contribution in [2.24, 2.45) is 0 Å². The minimum absolute atomic E-state index is 0.0526. The number of para-hydroxylation sites is 1. The number of hydrogen-bond acceptors (Lipinski definition) is 5. The van der Waals surface area contributed by atoms with E-state index in [1.807, 2.05) is 55.5 Å². The first-order chi connectivity index (χ1) is 16.0. The van der Waals surface area contributed by atoms with Crippen LogP contribution in [0.4, 0.5) is 0 Å². The average molecular weight is 443 g/mol. The number of hydrogen-bond donors (Lipinski definition) is 1. The van der Waals surface area contributed by atoms with Gasteiger partial charge in [0.1, 0.15) is 17.3 Å². The van der Waals surface area contributed by atoms with E-state index in [9.17, 15) is 14.7 Å². The summed E-state index contributed by atoms with van der Waals surface area (Å²) in [4.78, 5) is 27.4. The van der Waals surface area contributed by atoms with E-state index >= 15 is 0 Å². The lowest BCUT2D eigenvalue weighted by Gasteiger charge is -2.25. The van der Waals surface area contributed by atoms with Crippen molar-refractivity contribution in [3.05, 3.63) is 101 Å². The number of amides is 1. The molecule has 3 aromatic carbocycles. The van der Waals surface area contributed by atoms with Gasteiger partial charge < -0.3 is 19.5 Å². The molecule has 1 fully saturated rings. The number of ether oxygens (including phenoxy) is 2. The summed E-state index contributed by atoms with van der Waals surface area (Å²) in [6.45, 7) is 2.40. The van der Waals surface area contributed by atoms with Crippen molar-refractivity contribution in [2.75, 3.05) is 20.3 Å². The summed E-state index contributed by atoms with van der Waals surface area (Å²) < 4.78 is 11.1. The number of nitrogens with zero attached hydrogens (tertiary/aromatic N) is 1. The van der Waals surface area contributed by atoms with Crippen molar-refractivity contribution in [1.29, 1.82) is 0 Å². The molecule has 1 saturated heterocycles. The molecule has 0 aliphatic carbocycles. The van der Waals surface area contributed by atoms with E-state index in [1.54, 1.807) is 30.3 Å². The Morgan fingerprint density at radius 3 is 2.33 bits per heavy atom. The van der Waals surface area contributed by atoms with Crippen LogP contribution < -0.4 is 4.74 Å². The van der Waals surface area contributed by atoms with Gasteiger partial charge in [0.05, 0.1) is 18.2 Å². The Morgan fingerprint density at radius 2 is 1.64 bits per heavy atom. The highest BCUT2D eigenvalue weighted by Crippen LogP contribution is 2.40. The second kappa shape index (κ2) is 9.71. The van der Waals surface area contributed by atoms with Crippen molar-refractivity contribution in [2.45, 2.75) is 13.0 Å². The lowest BCUT2D eigenvalue weighted by molar-refractivity contribution is -0.140. The van der Waals surface area contributed by atoms with Gasteiger partial charge in [-0.1, -0.05) is 60.2 Å². The van der Waals surface area contributed by atoms with Crippen molar-refractivity contribution < 1.29 is 24.2 Å². The van der Waals surface area contributed by atoms with Crippen molar-refractivity contribution in [3.63, 3.8) is 0 Å². The number of ketones is 1. The number of aliphatic hydroxyl groups is 1. The molecule has 3 aromatic rings. The molecular formula is C27H25NO5. The number of benzene rings is 3. The Bertz CT molecular complexity index is 1180. The van der Waals surface area contributed by atoms with Crippen LogP contribution in [0, 0.1) is 6.92 Å². The third kappa shape index (κ3) is 4.66. The van der Waals surface area contributed by atoms with Crippen LogP contribution in [0.1, 0.15) is 22.7 Å². The molecule has 1 heterocycles. The first-order valence-electron chi connectivity index (χ1n) is 10.7. The molecule has 0 saturated carbocycles. The van der Waals surface area contributed by atoms with Crippen molar-refractivity contribution in [3.8, 4) is 11.5 Å². The summed E-state index contributed by atoms with van der Waals surface area (Å²) in [6.07, 6.45) is 0. The number of likely N-dealkylation sites (tertiary alicyclic amines) is 1. The zero-order valence-corrected chi connectivity index (χ0v) is 18.5. The van der Waals surface area contributed by atoms with Crippen LogP contribution in [-0.4, -0.2) is 42.0 Å². The molecule has 0 spiro atoms. The van der Waals surface area contributed by atoms with Gasteiger partial charge in [0.15, 0.2) is 0 Å². The molecule has 1 unspecified atom stereocenters. The number of methoxy groups -OCH3 is 1. The van der Waals surface area contributed by atoms with E-state index < -0.39 is 17.7 Å². The van der Waals surface area contributed by atoms with Gasteiger partial charge in [-0.15, -0.1) is 0 Å². The first kappa shape index (κ1) is 22.3. The van der Waals surface area contributed by atoms with Gasteiger partial charge in [0, 0.05) is 19.2 Å². The molecule has 1 amide bonds. The van der Waals surface area contributed by atoms with Gasteiger partial charge in [-0.25, -0.2) is 0 Å². The van der Waals surface area contributed by atoms with Crippen molar-refractivity contribution in [1.82, 2.24) is 4.90 Å². The molecule has 4 rings (SSSR count). The Balaban J connectivity index is 1.79. The van der Waals surface area contributed by atoms with Crippen LogP contribution >= 0.6 is 0 Å². The molecule has 1 aliphatic rings. The third-order valence-corrected chi connectivity index (χ3v) is 5.55. The molecular weight excluding hydrogens is 418 g/mol. The lowest BCUT2D eigenvalue weighted by atomic mass is 9.95. The number of aliphatic hydroxyl groups excluding tert-OH is 1. The topological polar surface area (TPSA) is 76.1 Å². The van der Waals surface area contributed by atoms with Gasteiger partial charge in [-0.05, 0) is 36.8 Å². The van der Waals surface area contributed by atoms with Crippen LogP contribution in [0.25, 0.3) is 5.76 Å². The van der Waals surface area contributed by atoms with E-state index in [0.717, 1.165) is 5.56 Å². The van der Waals surface area contributed by atoms with E-state index in [2.05, 4.69) is 0 Å². The number of rotatable bonds is 7. The molecule has 6 nitrogen and oxygen atoms in total. The molecule has 1 aliphatic heterocycles. The number of carbonyl (C=O) groups is 2. The second-order valence-corrected chi connectivity index (χ2v) is 7.84. The van der Waals surface area contributed by atoms with E-state index in [-0.39, 0.29) is 24.5 Å². The molecule has 0 bridgehead atoms. The summed E-state index contributed by atoms with van der Waals surface area (Å²) in [5, 5.41) is 11.1. The van der Waals surface area contributed by atoms with Gasteiger partial charge in [0.25, 0.3) is 11.7 Å². The zero-order valence-electron chi connectivity index (χ0n) is 18.5. The molecule has 0 radical (unpaired) electrons. The van der Waals surface area contributed by atoms with Gasteiger partial charge in [-0.3, -0.25) is 9.59 Å². The molecule has 0 aromatic heterocycles. The molecule has 33 heavy (non-hydrogen) atoms. The molecule has 1 atom stereocenters. The maximum Gasteiger partial charge on any atom is 0.295 e. The predicted octanol–water partition coefficient (Wildman–Crippen LogP) is 4.86. The van der Waals surface area contributed by atoms with Crippen LogP contribution in [0.15, 0.2) is 84.4 Å².